The minimum Gasteiger partial charge on any atom is -0.356 e. The molecular formula is C17H29N3. The van der Waals surface area contributed by atoms with Gasteiger partial charge in [-0.05, 0) is 37.0 Å². The van der Waals surface area contributed by atoms with E-state index in [2.05, 4.69) is 37.1 Å². The van der Waals surface area contributed by atoms with Crippen LogP contribution in [-0.2, 0) is 6.54 Å². The Hall–Kier alpha value is -1.09. The minimum atomic E-state index is 0.518. The van der Waals surface area contributed by atoms with Crippen LogP contribution in [0.1, 0.15) is 57.1 Å². The molecule has 20 heavy (non-hydrogen) atoms. The van der Waals surface area contributed by atoms with E-state index in [9.17, 15) is 0 Å². The Morgan fingerprint density at radius 2 is 1.80 bits per heavy atom. The molecule has 3 nitrogen and oxygen atoms in total. The molecule has 0 aromatic carbocycles. The third kappa shape index (κ3) is 4.48. The standard InChI is InChI=1S/C17H29N3/c1-14(2)18-12-16-11-15(3)17(19-13-16)20-9-7-5-4-6-8-10-20/h11,13-14,18H,4-10,12H2,1-3H3. The molecule has 1 aromatic rings. The van der Waals surface area contributed by atoms with Gasteiger partial charge in [0.05, 0.1) is 0 Å². The maximum Gasteiger partial charge on any atom is 0.131 e. The van der Waals surface area contributed by atoms with Crippen molar-refractivity contribution in [3.05, 3.63) is 23.4 Å². The second-order valence-electron chi connectivity index (χ2n) is 6.27. The van der Waals surface area contributed by atoms with E-state index in [1.54, 1.807) is 0 Å². The van der Waals surface area contributed by atoms with Gasteiger partial charge < -0.3 is 10.2 Å². The molecule has 1 fully saturated rings. The molecule has 0 aliphatic carbocycles. The van der Waals surface area contributed by atoms with Gasteiger partial charge in [-0.3, -0.25) is 0 Å². The first kappa shape index (κ1) is 15.3. The quantitative estimate of drug-likeness (QED) is 0.909. The van der Waals surface area contributed by atoms with Crippen molar-refractivity contribution in [1.29, 1.82) is 0 Å². The monoisotopic (exact) mass is 275 g/mol. The molecule has 2 heterocycles. The van der Waals surface area contributed by atoms with Crippen LogP contribution < -0.4 is 10.2 Å². The molecule has 1 N–H and O–H groups in total. The lowest BCUT2D eigenvalue weighted by Crippen LogP contribution is -2.29. The van der Waals surface area contributed by atoms with Crippen molar-refractivity contribution in [3.63, 3.8) is 0 Å². The Bertz CT molecular complexity index is 407. The number of nitrogens with zero attached hydrogens (tertiary/aromatic N) is 2. The summed E-state index contributed by atoms with van der Waals surface area (Å²) in [6.45, 7) is 9.78. The van der Waals surface area contributed by atoms with Gasteiger partial charge in [0.1, 0.15) is 5.82 Å². The Morgan fingerprint density at radius 3 is 2.40 bits per heavy atom. The molecule has 1 aliphatic heterocycles. The summed E-state index contributed by atoms with van der Waals surface area (Å²) in [5.41, 5.74) is 2.60. The third-order valence-electron chi connectivity index (χ3n) is 3.98. The number of hydrogen-bond acceptors (Lipinski definition) is 3. The number of aryl methyl sites for hydroxylation is 1. The Kier molecular flexibility index (Phi) is 5.84. The van der Waals surface area contributed by atoms with Gasteiger partial charge in [0.15, 0.2) is 0 Å². The van der Waals surface area contributed by atoms with E-state index in [4.69, 9.17) is 4.98 Å². The highest BCUT2D eigenvalue weighted by Gasteiger charge is 2.13. The van der Waals surface area contributed by atoms with Gasteiger partial charge in [0.2, 0.25) is 0 Å². The highest BCUT2D eigenvalue weighted by molar-refractivity contribution is 5.47. The fraction of sp³-hybridized carbons (Fsp3) is 0.706. The van der Waals surface area contributed by atoms with Gasteiger partial charge in [-0.25, -0.2) is 4.98 Å². The van der Waals surface area contributed by atoms with Gasteiger partial charge in [0.25, 0.3) is 0 Å². The van der Waals surface area contributed by atoms with E-state index in [0.29, 0.717) is 6.04 Å². The van der Waals surface area contributed by atoms with E-state index in [1.807, 2.05) is 6.20 Å². The van der Waals surface area contributed by atoms with Crippen LogP contribution in [0, 0.1) is 6.92 Å². The van der Waals surface area contributed by atoms with Crippen molar-refractivity contribution in [2.24, 2.45) is 0 Å². The number of hydrogen-bond donors (Lipinski definition) is 1. The summed E-state index contributed by atoms with van der Waals surface area (Å²) in [6.07, 6.45) is 8.78. The summed E-state index contributed by atoms with van der Waals surface area (Å²) in [5, 5.41) is 3.45. The molecule has 0 bridgehead atoms. The van der Waals surface area contributed by atoms with Crippen molar-refractivity contribution in [1.82, 2.24) is 10.3 Å². The smallest absolute Gasteiger partial charge is 0.131 e. The zero-order valence-corrected chi connectivity index (χ0v) is 13.3. The fourth-order valence-electron chi connectivity index (χ4n) is 2.83. The summed E-state index contributed by atoms with van der Waals surface area (Å²) in [4.78, 5) is 7.22. The first-order chi connectivity index (χ1) is 9.66. The SMILES string of the molecule is Cc1cc(CNC(C)C)cnc1N1CCCCCCC1. The summed E-state index contributed by atoms with van der Waals surface area (Å²) < 4.78 is 0. The normalized spacial score (nSPS) is 17.1. The molecule has 112 valence electrons. The lowest BCUT2D eigenvalue weighted by molar-refractivity contribution is 0.552. The topological polar surface area (TPSA) is 28.2 Å². The van der Waals surface area contributed by atoms with Crippen molar-refractivity contribution in [2.45, 2.75) is 65.5 Å². The Balaban J connectivity index is 2.03. The number of anilines is 1. The van der Waals surface area contributed by atoms with Crippen molar-refractivity contribution in [2.75, 3.05) is 18.0 Å². The minimum absolute atomic E-state index is 0.518. The van der Waals surface area contributed by atoms with Gasteiger partial charge in [-0.2, -0.15) is 0 Å². The van der Waals surface area contributed by atoms with Crippen LogP contribution in [0.2, 0.25) is 0 Å². The Morgan fingerprint density at radius 1 is 1.15 bits per heavy atom. The van der Waals surface area contributed by atoms with Crippen LogP contribution in [0.5, 0.6) is 0 Å². The van der Waals surface area contributed by atoms with Gasteiger partial charge in [0, 0.05) is 31.9 Å². The lowest BCUT2D eigenvalue weighted by atomic mass is 10.1. The molecule has 0 radical (unpaired) electrons. The van der Waals surface area contributed by atoms with E-state index in [0.717, 1.165) is 19.6 Å². The second kappa shape index (κ2) is 7.63. The average molecular weight is 275 g/mol. The number of pyridine rings is 1. The zero-order valence-electron chi connectivity index (χ0n) is 13.3. The molecule has 0 spiro atoms. The van der Waals surface area contributed by atoms with Gasteiger partial charge in [-0.1, -0.05) is 33.1 Å². The number of aromatic nitrogens is 1. The first-order valence-corrected chi connectivity index (χ1v) is 8.10. The summed E-state index contributed by atoms with van der Waals surface area (Å²) in [6, 6.07) is 2.81. The molecule has 1 aromatic heterocycles. The third-order valence-corrected chi connectivity index (χ3v) is 3.98. The largest absolute Gasteiger partial charge is 0.356 e. The summed E-state index contributed by atoms with van der Waals surface area (Å²) in [5.74, 6) is 1.19. The van der Waals surface area contributed by atoms with Crippen LogP contribution >= 0.6 is 0 Å². The molecule has 0 unspecified atom stereocenters. The van der Waals surface area contributed by atoms with Crippen molar-refractivity contribution >= 4 is 5.82 Å². The summed E-state index contributed by atoms with van der Waals surface area (Å²) >= 11 is 0. The molecular weight excluding hydrogens is 246 g/mol. The van der Waals surface area contributed by atoms with Gasteiger partial charge in [-0.15, -0.1) is 0 Å². The van der Waals surface area contributed by atoms with E-state index in [1.165, 1.54) is 49.0 Å². The molecule has 2 rings (SSSR count). The van der Waals surface area contributed by atoms with Gasteiger partial charge >= 0.3 is 0 Å². The number of rotatable bonds is 4. The van der Waals surface area contributed by atoms with Crippen LogP contribution in [0.4, 0.5) is 5.82 Å². The van der Waals surface area contributed by atoms with E-state index in [-0.39, 0.29) is 0 Å². The molecule has 0 atom stereocenters. The van der Waals surface area contributed by atoms with Crippen LogP contribution in [0.25, 0.3) is 0 Å². The molecule has 1 aliphatic rings. The highest BCUT2D eigenvalue weighted by atomic mass is 15.2. The predicted octanol–water partition coefficient (Wildman–Crippen LogP) is 3.66. The summed E-state index contributed by atoms with van der Waals surface area (Å²) in [7, 11) is 0. The number of nitrogens with one attached hydrogen (secondary N) is 1. The lowest BCUT2D eigenvalue weighted by Gasteiger charge is -2.27. The second-order valence-corrected chi connectivity index (χ2v) is 6.27. The molecule has 0 amide bonds. The Labute approximate surface area is 123 Å². The van der Waals surface area contributed by atoms with E-state index < -0.39 is 0 Å². The first-order valence-electron chi connectivity index (χ1n) is 8.10. The van der Waals surface area contributed by atoms with E-state index >= 15 is 0 Å². The predicted molar refractivity (Wildman–Crippen MR) is 86.2 cm³/mol. The fourth-order valence-corrected chi connectivity index (χ4v) is 2.83. The molecule has 1 saturated heterocycles. The molecule has 3 heteroatoms. The van der Waals surface area contributed by atoms with Crippen molar-refractivity contribution in [3.8, 4) is 0 Å². The zero-order chi connectivity index (χ0) is 14.4. The maximum atomic E-state index is 4.74. The highest BCUT2D eigenvalue weighted by Crippen LogP contribution is 2.21. The van der Waals surface area contributed by atoms with Crippen LogP contribution in [-0.4, -0.2) is 24.1 Å². The average Bonchev–Trinajstić information content (AvgIpc) is 2.37. The maximum absolute atomic E-state index is 4.74. The van der Waals surface area contributed by atoms with Crippen LogP contribution in [0.15, 0.2) is 12.3 Å². The molecule has 0 saturated carbocycles. The van der Waals surface area contributed by atoms with Crippen LogP contribution in [0.3, 0.4) is 0 Å². The van der Waals surface area contributed by atoms with Crippen molar-refractivity contribution < 1.29 is 0 Å².